The highest BCUT2D eigenvalue weighted by atomic mass is 79.9. The van der Waals surface area contributed by atoms with Gasteiger partial charge in [-0.3, -0.25) is 9.59 Å². The number of halogens is 1. The Labute approximate surface area is 184 Å². The molecule has 0 radical (unpaired) electrons. The Kier molecular flexibility index (Phi) is 5.36. The van der Waals surface area contributed by atoms with E-state index in [0.717, 1.165) is 27.9 Å². The summed E-state index contributed by atoms with van der Waals surface area (Å²) in [4.78, 5) is 30.8. The van der Waals surface area contributed by atoms with Crippen molar-refractivity contribution in [3.05, 3.63) is 81.2 Å². The summed E-state index contributed by atoms with van der Waals surface area (Å²) in [6, 6.07) is 13.2. The van der Waals surface area contributed by atoms with E-state index in [1.165, 1.54) is 0 Å². The monoisotopic (exact) mass is 465 g/mol. The van der Waals surface area contributed by atoms with E-state index in [2.05, 4.69) is 45.4 Å². The number of anilines is 1. The van der Waals surface area contributed by atoms with Crippen LogP contribution in [0.15, 0.2) is 75.7 Å². The minimum atomic E-state index is -0.425. The number of allylic oxidation sites excluding steroid dienone is 3. The van der Waals surface area contributed by atoms with Crippen molar-refractivity contribution in [2.75, 3.05) is 5.32 Å². The molecular formula is C24H24BrN3O2. The second-order valence-corrected chi connectivity index (χ2v) is 9.57. The lowest BCUT2D eigenvalue weighted by atomic mass is 9.68. The zero-order valence-corrected chi connectivity index (χ0v) is 18.8. The van der Waals surface area contributed by atoms with Gasteiger partial charge in [0.05, 0.1) is 0 Å². The SMILES string of the molecule is CC1=C(C(=O)Nc2ccccn2)[C@H](c2cccc(Br)c2)C2=C(CC(C)(C)CC2=O)N1. The van der Waals surface area contributed by atoms with Crippen molar-refractivity contribution < 1.29 is 9.59 Å². The summed E-state index contributed by atoms with van der Waals surface area (Å²) in [7, 11) is 0. The number of hydrogen-bond acceptors (Lipinski definition) is 4. The number of dihydropyridines is 1. The Morgan fingerprint density at radius 2 is 2.00 bits per heavy atom. The molecule has 1 aromatic carbocycles. The quantitative estimate of drug-likeness (QED) is 0.662. The van der Waals surface area contributed by atoms with Crippen LogP contribution in [0.2, 0.25) is 0 Å². The second-order valence-electron chi connectivity index (χ2n) is 8.65. The van der Waals surface area contributed by atoms with Gasteiger partial charge >= 0.3 is 0 Å². The van der Waals surface area contributed by atoms with Crippen molar-refractivity contribution in [3.8, 4) is 0 Å². The van der Waals surface area contributed by atoms with E-state index in [1.54, 1.807) is 18.3 Å². The minimum absolute atomic E-state index is 0.0920. The van der Waals surface area contributed by atoms with Crippen LogP contribution in [0, 0.1) is 5.41 Å². The molecule has 0 saturated carbocycles. The Bertz CT molecular complexity index is 1090. The van der Waals surface area contributed by atoms with Gasteiger partial charge in [-0.1, -0.05) is 48.0 Å². The van der Waals surface area contributed by atoms with Gasteiger partial charge in [0.1, 0.15) is 5.82 Å². The number of amides is 1. The fraction of sp³-hybridized carbons (Fsp3) is 0.292. The number of ketones is 1. The normalized spacial score (nSPS) is 20.5. The fourth-order valence-electron chi connectivity index (χ4n) is 4.38. The maximum Gasteiger partial charge on any atom is 0.255 e. The standard InChI is InChI=1S/C24H24BrN3O2/c1-14-20(23(30)28-19-9-4-5-10-26-19)21(15-7-6-8-16(25)11-15)22-17(27-14)12-24(2,3)13-18(22)29/h4-11,21,27H,12-13H2,1-3H3,(H,26,28,30)/t21-/m0/s1. The molecule has 0 unspecified atom stereocenters. The third-order valence-electron chi connectivity index (χ3n) is 5.57. The van der Waals surface area contributed by atoms with Crippen molar-refractivity contribution in [2.45, 2.75) is 39.5 Å². The van der Waals surface area contributed by atoms with Crippen LogP contribution >= 0.6 is 15.9 Å². The predicted octanol–water partition coefficient (Wildman–Crippen LogP) is 5.09. The van der Waals surface area contributed by atoms with E-state index in [9.17, 15) is 9.59 Å². The van der Waals surface area contributed by atoms with E-state index in [1.807, 2.05) is 37.3 Å². The molecule has 1 amide bonds. The van der Waals surface area contributed by atoms with E-state index >= 15 is 0 Å². The maximum absolute atomic E-state index is 13.4. The summed E-state index contributed by atoms with van der Waals surface area (Å²) < 4.78 is 0.909. The molecule has 0 spiro atoms. The average molecular weight is 466 g/mol. The van der Waals surface area contributed by atoms with E-state index in [4.69, 9.17) is 0 Å². The third kappa shape index (κ3) is 3.97. The number of nitrogens with one attached hydrogen (secondary N) is 2. The van der Waals surface area contributed by atoms with Crippen molar-refractivity contribution in [1.82, 2.24) is 10.3 Å². The molecule has 2 heterocycles. The smallest absolute Gasteiger partial charge is 0.255 e. The number of aromatic nitrogens is 1. The zero-order valence-electron chi connectivity index (χ0n) is 17.3. The molecule has 0 saturated heterocycles. The third-order valence-corrected chi connectivity index (χ3v) is 6.07. The van der Waals surface area contributed by atoms with Crippen molar-refractivity contribution in [1.29, 1.82) is 0 Å². The summed E-state index contributed by atoms with van der Waals surface area (Å²) in [5.74, 6) is -0.111. The molecule has 6 heteroatoms. The van der Waals surface area contributed by atoms with E-state index < -0.39 is 5.92 Å². The maximum atomic E-state index is 13.4. The number of carbonyl (C=O) groups excluding carboxylic acids is 2. The Morgan fingerprint density at radius 1 is 1.20 bits per heavy atom. The number of carbonyl (C=O) groups is 2. The Balaban J connectivity index is 1.82. The lowest BCUT2D eigenvalue weighted by molar-refractivity contribution is -0.118. The van der Waals surface area contributed by atoms with Gasteiger partial charge in [-0.15, -0.1) is 0 Å². The number of Topliss-reactive ketones (excluding diaryl/α,β-unsaturated/α-hetero) is 1. The summed E-state index contributed by atoms with van der Waals surface area (Å²) in [5, 5.41) is 6.27. The van der Waals surface area contributed by atoms with Crippen LogP contribution in [0.25, 0.3) is 0 Å². The average Bonchev–Trinajstić information content (AvgIpc) is 2.66. The van der Waals surface area contributed by atoms with Gasteiger partial charge in [0, 0.05) is 45.5 Å². The molecule has 1 aliphatic carbocycles. The van der Waals surface area contributed by atoms with Crippen LogP contribution in [-0.2, 0) is 9.59 Å². The molecule has 1 atom stereocenters. The first kappa shape index (κ1) is 20.5. The predicted molar refractivity (Wildman–Crippen MR) is 121 cm³/mol. The highest BCUT2D eigenvalue weighted by Gasteiger charge is 2.42. The lowest BCUT2D eigenvalue weighted by Crippen LogP contribution is -2.39. The number of nitrogens with zero attached hydrogens (tertiary/aromatic N) is 1. The minimum Gasteiger partial charge on any atom is -0.362 e. The van der Waals surface area contributed by atoms with Gasteiger partial charge in [-0.2, -0.15) is 0 Å². The Hall–Kier alpha value is -2.73. The van der Waals surface area contributed by atoms with Gasteiger partial charge < -0.3 is 10.6 Å². The summed E-state index contributed by atoms with van der Waals surface area (Å²) in [6.07, 6.45) is 2.87. The molecule has 0 bridgehead atoms. The van der Waals surface area contributed by atoms with Crippen LogP contribution in [0.1, 0.15) is 45.1 Å². The first-order chi connectivity index (χ1) is 14.2. The van der Waals surface area contributed by atoms with Crippen LogP contribution in [0.4, 0.5) is 5.82 Å². The van der Waals surface area contributed by atoms with Gasteiger partial charge in [0.25, 0.3) is 5.91 Å². The van der Waals surface area contributed by atoms with Crippen LogP contribution in [0.3, 0.4) is 0 Å². The lowest BCUT2D eigenvalue weighted by Gasteiger charge is -2.39. The molecule has 1 aliphatic heterocycles. The molecule has 154 valence electrons. The van der Waals surface area contributed by atoms with E-state index in [0.29, 0.717) is 23.4 Å². The second kappa shape index (κ2) is 7.84. The number of benzene rings is 1. The number of hydrogen-bond donors (Lipinski definition) is 2. The molecule has 5 nitrogen and oxygen atoms in total. The van der Waals surface area contributed by atoms with Gasteiger partial charge in [-0.05, 0) is 48.6 Å². The van der Waals surface area contributed by atoms with E-state index in [-0.39, 0.29) is 17.1 Å². The first-order valence-corrected chi connectivity index (χ1v) is 10.8. The molecular weight excluding hydrogens is 442 g/mol. The summed E-state index contributed by atoms with van der Waals surface area (Å²) >= 11 is 3.53. The van der Waals surface area contributed by atoms with Crippen LogP contribution in [0.5, 0.6) is 0 Å². The molecule has 2 aliphatic rings. The van der Waals surface area contributed by atoms with Crippen LogP contribution in [-0.4, -0.2) is 16.7 Å². The topological polar surface area (TPSA) is 71.1 Å². The molecule has 2 aromatic rings. The van der Waals surface area contributed by atoms with Gasteiger partial charge in [0.15, 0.2) is 5.78 Å². The molecule has 1 aromatic heterocycles. The van der Waals surface area contributed by atoms with Crippen molar-refractivity contribution in [2.24, 2.45) is 5.41 Å². The highest BCUT2D eigenvalue weighted by Crippen LogP contribution is 2.46. The largest absolute Gasteiger partial charge is 0.362 e. The van der Waals surface area contributed by atoms with Gasteiger partial charge in [0.2, 0.25) is 0 Å². The Morgan fingerprint density at radius 3 is 2.70 bits per heavy atom. The number of rotatable bonds is 3. The summed E-state index contributed by atoms with van der Waals surface area (Å²) in [6.45, 7) is 6.10. The van der Waals surface area contributed by atoms with Crippen LogP contribution < -0.4 is 10.6 Å². The van der Waals surface area contributed by atoms with Gasteiger partial charge in [-0.25, -0.2) is 4.98 Å². The number of pyridine rings is 1. The first-order valence-electron chi connectivity index (χ1n) is 9.97. The fourth-order valence-corrected chi connectivity index (χ4v) is 4.79. The highest BCUT2D eigenvalue weighted by molar-refractivity contribution is 9.10. The molecule has 0 fully saturated rings. The zero-order chi connectivity index (χ0) is 21.5. The molecule has 4 rings (SSSR count). The van der Waals surface area contributed by atoms with Crippen molar-refractivity contribution >= 4 is 33.4 Å². The van der Waals surface area contributed by atoms with Crippen molar-refractivity contribution in [3.63, 3.8) is 0 Å². The molecule has 2 N–H and O–H groups in total. The molecule has 30 heavy (non-hydrogen) atoms. The summed E-state index contributed by atoms with van der Waals surface area (Å²) in [5.41, 5.74) is 3.73.